The van der Waals surface area contributed by atoms with Gasteiger partial charge in [-0.3, -0.25) is 4.79 Å². The molecule has 1 unspecified atom stereocenters. The van der Waals surface area contributed by atoms with Crippen LogP contribution in [0.15, 0.2) is 24.3 Å². The van der Waals surface area contributed by atoms with Crippen molar-refractivity contribution in [1.82, 2.24) is 0 Å². The van der Waals surface area contributed by atoms with Crippen molar-refractivity contribution in [2.24, 2.45) is 11.8 Å². The molecule has 1 aromatic rings. The first-order chi connectivity index (χ1) is 8.66. The lowest BCUT2D eigenvalue weighted by atomic mass is 9.94. The fourth-order valence-corrected chi connectivity index (χ4v) is 2.12. The van der Waals surface area contributed by atoms with Crippen LogP contribution in [0.3, 0.4) is 0 Å². The summed E-state index contributed by atoms with van der Waals surface area (Å²) in [4.78, 5) is 11.9. The topological polar surface area (TPSA) is 38.3 Å². The predicted molar refractivity (Wildman–Crippen MR) is 72.5 cm³/mol. The first-order valence-electron chi connectivity index (χ1n) is 6.65. The molecule has 0 bridgehead atoms. The summed E-state index contributed by atoms with van der Waals surface area (Å²) in [5.41, 5.74) is 2.35. The number of carbonyl (C=O) groups is 1. The number of esters is 1. The largest absolute Gasteiger partial charge is 0.465 e. The number of rotatable bonds is 4. The summed E-state index contributed by atoms with van der Waals surface area (Å²) in [7, 11) is 0. The van der Waals surface area contributed by atoms with Gasteiger partial charge in [-0.15, -0.1) is 0 Å². The number of carbonyl (C=O) groups excluding carboxylic acids is 1. The second-order valence-corrected chi connectivity index (χ2v) is 5.29. The molecule has 1 aliphatic rings. The molecule has 0 spiro atoms. The van der Waals surface area contributed by atoms with Crippen LogP contribution >= 0.6 is 0 Å². The van der Waals surface area contributed by atoms with Gasteiger partial charge in [-0.05, 0) is 30.4 Å². The van der Waals surface area contributed by atoms with Crippen LogP contribution in [0, 0.1) is 11.8 Å². The maximum absolute atomic E-state index is 11.9. The number of hydrogen-bond donors (Lipinski definition) is 1. The van der Waals surface area contributed by atoms with Gasteiger partial charge in [0.15, 0.2) is 0 Å². The number of fused-ring (bicyclic) bond motifs is 1. The van der Waals surface area contributed by atoms with Crippen LogP contribution in [0.4, 0.5) is 5.69 Å². The molecule has 1 heterocycles. The summed E-state index contributed by atoms with van der Waals surface area (Å²) in [6.07, 6.45) is 1.71. The van der Waals surface area contributed by atoms with E-state index in [0.717, 1.165) is 18.5 Å². The number of para-hydroxylation sites is 1. The molecule has 0 saturated carbocycles. The van der Waals surface area contributed by atoms with E-state index in [0.29, 0.717) is 19.1 Å². The Kier molecular flexibility index (Phi) is 4.24. The van der Waals surface area contributed by atoms with E-state index in [-0.39, 0.29) is 11.9 Å². The molecule has 0 amide bonds. The molecule has 1 atom stereocenters. The van der Waals surface area contributed by atoms with Crippen LogP contribution in [-0.4, -0.2) is 19.1 Å². The zero-order chi connectivity index (χ0) is 13.0. The molecule has 98 valence electrons. The summed E-state index contributed by atoms with van der Waals surface area (Å²) >= 11 is 0. The van der Waals surface area contributed by atoms with Crippen molar-refractivity contribution in [2.75, 3.05) is 18.5 Å². The molecule has 18 heavy (non-hydrogen) atoms. The van der Waals surface area contributed by atoms with E-state index in [1.165, 1.54) is 5.56 Å². The average Bonchev–Trinajstić information content (AvgIpc) is 2.37. The summed E-state index contributed by atoms with van der Waals surface area (Å²) in [5.74, 6) is 0.452. The zero-order valence-electron chi connectivity index (χ0n) is 11.1. The van der Waals surface area contributed by atoms with Crippen molar-refractivity contribution in [2.45, 2.75) is 26.7 Å². The van der Waals surface area contributed by atoms with Gasteiger partial charge < -0.3 is 10.1 Å². The number of anilines is 1. The van der Waals surface area contributed by atoms with Gasteiger partial charge >= 0.3 is 5.97 Å². The molecular weight excluding hydrogens is 226 g/mol. The average molecular weight is 247 g/mol. The molecule has 0 aliphatic carbocycles. The standard InChI is InChI=1S/C15H21NO2/c1-11(2)7-8-18-15(17)13-9-12-5-3-4-6-14(12)16-10-13/h3-6,11,13,16H,7-10H2,1-2H3. The first-order valence-corrected chi connectivity index (χ1v) is 6.65. The molecule has 1 aliphatic heterocycles. The van der Waals surface area contributed by atoms with Crippen LogP contribution in [0.2, 0.25) is 0 Å². The minimum Gasteiger partial charge on any atom is -0.465 e. The maximum Gasteiger partial charge on any atom is 0.311 e. The molecule has 3 nitrogen and oxygen atoms in total. The predicted octanol–water partition coefficient (Wildman–Crippen LogP) is 2.86. The molecule has 1 aromatic carbocycles. The Morgan fingerprint density at radius 2 is 2.22 bits per heavy atom. The summed E-state index contributed by atoms with van der Waals surface area (Å²) in [6, 6.07) is 8.13. The summed E-state index contributed by atoms with van der Waals surface area (Å²) < 4.78 is 5.33. The van der Waals surface area contributed by atoms with Crippen molar-refractivity contribution >= 4 is 11.7 Å². The van der Waals surface area contributed by atoms with Crippen molar-refractivity contribution in [3.63, 3.8) is 0 Å². The maximum atomic E-state index is 11.9. The Bertz CT molecular complexity index is 415. The third kappa shape index (κ3) is 3.25. The minimum absolute atomic E-state index is 0.0490. The molecule has 0 radical (unpaired) electrons. The van der Waals surface area contributed by atoms with Crippen LogP contribution in [0.25, 0.3) is 0 Å². The molecular formula is C15H21NO2. The van der Waals surface area contributed by atoms with Gasteiger partial charge in [0.05, 0.1) is 12.5 Å². The lowest BCUT2D eigenvalue weighted by Crippen LogP contribution is -2.31. The Morgan fingerprint density at radius 1 is 1.44 bits per heavy atom. The Hall–Kier alpha value is -1.51. The lowest BCUT2D eigenvalue weighted by Gasteiger charge is -2.24. The van der Waals surface area contributed by atoms with Crippen LogP contribution in [-0.2, 0) is 16.0 Å². The minimum atomic E-state index is -0.0716. The number of hydrogen-bond acceptors (Lipinski definition) is 3. The van der Waals surface area contributed by atoms with Gasteiger partial charge in [-0.2, -0.15) is 0 Å². The summed E-state index contributed by atoms with van der Waals surface area (Å²) in [6.45, 7) is 5.48. The van der Waals surface area contributed by atoms with E-state index < -0.39 is 0 Å². The van der Waals surface area contributed by atoms with Gasteiger partial charge in [0, 0.05) is 12.2 Å². The second kappa shape index (κ2) is 5.89. The van der Waals surface area contributed by atoms with Crippen LogP contribution < -0.4 is 5.32 Å². The highest BCUT2D eigenvalue weighted by molar-refractivity contribution is 5.75. The zero-order valence-corrected chi connectivity index (χ0v) is 11.1. The van der Waals surface area contributed by atoms with E-state index in [1.807, 2.05) is 12.1 Å². The normalized spacial score (nSPS) is 18.1. The van der Waals surface area contributed by atoms with Gasteiger partial charge in [0.25, 0.3) is 0 Å². The molecule has 0 aromatic heterocycles. The van der Waals surface area contributed by atoms with E-state index in [2.05, 4.69) is 31.3 Å². The first kappa shape index (κ1) is 12.9. The van der Waals surface area contributed by atoms with Crippen molar-refractivity contribution in [1.29, 1.82) is 0 Å². The lowest BCUT2D eigenvalue weighted by molar-refractivity contribution is -0.148. The quantitative estimate of drug-likeness (QED) is 0.831. The van der Waals surface area contributed by atoms with Gasteiger partial charge in [-0.1, -0.05) is 32.0 Å². The van der Waals surface area contributed by atoms with Crippen molar-refractivity contribution < 1.29 is 9.53 Å². The van der Waals surface area contributed by atoms with E-state index in [4.69, 9.17) is 4.74 Å². The van der Waals surface area contributed by atoms with Crippen molar-refractivity contribution in [3.05, 3.63) is 29.8 Å². The van der Waals surface area contributed by atoms with E-state index in [9.17, 15) is 4.79 Å². The molecule has 1 N–H and O–H groups in total. The molecule has 0 fully saturated rings. The molecule has 2 rings (SSSR count). The van der Waals surface area contributed by atoms with Gasteiger partial charge in [0.1, 0.15) is 0 Å². The smallest absolute Gasteiger partial charge is 0.311 e. The summed E-state index contributed by atoms with van der Waals surface area (Å²) in [5, 5.41) is 3.29. The monoisotopic (exact) mass is 247 g/mol. The highest BCUT2D eigenvalue weighted by atomic mass is 16.5. The Balaban J connectivity index is 1.87. The third-order valence-electron chi connectivity index (χ3n) is 3.30. The number of nitrogens with one attached hydrogen (secondary N) is 1. The second-order valence-electron chi connectivity index (χ2n) is 5.29. The Morgan fingerprint density at radius 3 is 3.00 bits per heavy atom. The van der Waals surface area contributed by atoms with Crippen LogP contribution in [0.1, 0.15) is 25.8 Å². The van der Waals surface area contributed by atoms with Crippen LogP contribution in [0.5, 0.6) is 0 Å². The fourth-order valence-electron chi connectivity index (χ4n) is 2.12. The molecule has 3 heteroatoms. The van der Waals surface area contributed by atoms with Gasteiger partial charge in [0.2, 0.25) is 0 Å². The highest BCUT2D eigenvalue weighted by Gasteiger charge is 2.25. The SMILES string of the molecule is CC(C)CCOC(=O)C1CNc2ccccc2C1. The van der Waals surface area contributed by atoms with E-state index in [1.54, 1.807) is 0 Å². The third-order valence-corrected chi connectivity index (χ3v) is 3.30. The number of ether oxygens (including phenoxy) is 1. The van der Waals surface area contributed by atoms with Crippen molar-refractivity contribution in [3.8, 4) is 0 Å². The molecule has 0 saturated heterocycles. The fraction of sp³-hybridized carbons (Fsp3) is 0.533. The highest BCUT2D eigenvalue weighted by Crippen LogP contribution is 2.24. The van der Waals surface area contributed by atoms with E-state index >= 15 is 0 Å². The number of benzene rings is 1. The Labute approximate surface area is 109 Å². The van der Waals surface area contributed by atoms with Gasteiger partial charge in [-0.25, -0.2) is 0 Å².